The van der Waals surface area contributed by atoms with Crippen molar-refractivity contribution in [1.29, 1.82) is 0 Å². The van der Waals surface area contributed by atoms with Crippen molar-refractivity contribution in [2.75, 3.05) is 0 Å². The SMILES string of the molecule is Cc1ccc(Cn2nnc(CO)c2C(C)(C)C)cc1. The summed E-state index contributed by atoms with van der Waals surface area (Å²) in [6.45, 7) is 9.01. The van der Waals surface area contributed by atoms with Crippen LogP contribution in [0.2, 0.25) is 0 Å². The molecule has 19 heavy (non-hydrogen) atoms. The highest BCUT2D eigenvalue weighted by atomic mass is 16.3. The van der Waals surface area contributed by atoms with E-state index < -0.39 is 0 Å². The summed E-state index contributed by atoms with van der Waals surface area (Å²) in [4.78, 5) is 0. The topological polar surface area (TPSA) is 50.9 Å². The molecular weight excluding hydrogens is 238 g/mol. The summed E-state index contributed by atoms with van der Waals surface area (Å²) in [5.41, 5.74) is 4.00. The van der Waals surface area contributed by atoms with E-state index in [1.54, 1.807) is 0 Å². The molecule has 4 nitrogen and oxygen atoms in total. The molecule has 2 rings (SSSR count). The molecule has 0 bridgehead atoms. The Kier molecular flexibility index (Phi) is 3.71. The smallest absolute Gasteiger partial charge is 0.112 e. The summed E-state index contributed by atoms with van der Waals surface area (Å²) < 4.78 is 1.89. The van der Waals surface area contributed by atoms with Crippen LogP contribution in [-0.4, -0.2) is 20.1 Å². The van der Waals surface area contributed by atoms with Gasteiger partial charge in [0.1, 0.15) is 5.69 Å². The summed E-state index contributed by atoms with van der Waals surface area (Å²) in [6, 6.07) is 8.39. The molecule has 102 valence electrons. The van der Waals surface area contributed by atoms with E-state index in [1.165, 1.54) is 11.1 Å². The normalized spacial score (nSPS) is 11.8. The van der Waals surface area contributed by atoms with Crippen molar-refractivity contribution in [3.8, 4) is 0 Å². The van der Waals surface area contributed by atoms with Gasteiger partial charge in [-0.3, -0.25) is 0 Å². The molecule has 0 fully saturated rings. The lowest BCUT2D eigenvalue weighted by molar-refractivity contribution is 0.273. The van der Waals surface area contributed by atoms with Crippen LogP contribution in [0, 0.1) is 6.92 Å². The van der Waals surface area contributed by atoms with E-state index in [1.807, 2.05) is 4.68 Å². The van der Waals surface area contributed by atoms with Crippen LogP contribution in [0.5, 0.6) is 0 Å². The van der Waals surface area contributed by atoms with Gasteiger partial charge < -0.3 is 5.11 Å². The molecule has 0 atom stereocenters. The van der Waals surface area contributed by atoms with Crippen LogP contribution in [-0.2, 0) is 18.6 Å². The minimum atomic E-state index is -0.0910. The number of aliphatic hydroxyl groups is 1. The molecule has 0 radical (unpaired) electrons. The Labute approximate surface area is 114 Å². The van der Waals surface area contributed by atoms with E-state index in [2.05, 4.69) is 62.3 Å². The Hall–Kier alpha value is -1.68. The molecule has 2 aromatic rings. The first-order valence-electron chi connectivity index (χ1n) is 6.51. The lowest BCUT2D eigenvalue weighted by Gasteiger charge is -2.21. The van der Waals surface area contributed by atoms with Crippen molar-refractivity contribution < 1.29 is 5.11 Å². The largest absolute Gasteiger partial charge is 0.390 e. The zero-order chi connectivity index (χ0) is 14.0. The third-order valence-electron chi connectivity index (χ3n) is 3.12. The summed E-state index contributed by atoms with van der Waals surface area (Å²) in [6.07, 6.45) is 0. The molecule has 1 N–H and O–H groups in total. The molecule has 0 spiro atoms. The second-order valence-electron chi connectivity index (χ2n) is 5.94. The number of aromatic nitrogens is 3. The monoisotopic (exact) mass is 259 g/mol. The van der Waals surface area contributed by atoms with Gasteiger partial charge in [-0.25, -0.2) is 4.68 Å². The molecule has 1 aromatic carbocycles. The highest BCUT2D eigenvalue weighted by molar-refractivity contribution is 5.24. The Morgan fingerprint density at radius 2 is 1.79 bits per heavy atom. The van der Waals surface area contributed by atoms with Gasteiger partial charge in [-0.2, -0.15) is 0 Å². The number of aliphatic hydroxyl groups excluding tert-OH is 1. The molecule has 0 amide bonds. The molecule has 0 aliphatic heterocycles. The molecule has 0 unspecified atom stereocenters. The summed E-state index contributed by atoms with van der Waals surface area (Å²) in [5.74, 6) is 0. The standard InChI is InChI=1S/C15H21N3O/c1-11-5-7-12(8-6-11)9-18-14(15(2,3)4)13(10-19)16-17-18/h5-8,19H,9-10H2,1-4H3. The third kappa shape index (κ3) is 3.01. The maximum absolute atomic E-state index is 9.38. The van der Waals surface area contributed by atoms with E-state index in [-0.39, 0.29) is 12.0 Å². The first-order chi connectivity index (χ1) is 8.91. The van der Waals surface area contributed by atoms with E-state index in [9.17, 15) is 5.11 Å². The van der Waals surface area contributed by atoms with E-state index in [0.29, 0.717) is 12.2 Å². The predicted molar refractivity (Wildman–Crippen MR) is 74.9 cm³/mol. The van der Waals surface area contributed by atoms with Gasteiger partial charge in [0.05, 0.1) is 18.8 Å². The van der Waals surface area contributed by atoms with Crippen molar-refractivity contribution in [3.63, 3.8) is 0 Å². The maximum Gasteiger partial charge on any atom is 0.112 e. The highest BCUT2D eigenvalue weighted by Gasteiger charge is 2.24. The number of rotatable bonds is 3. The Morgan fingerprint density at radius 1 is 1.16 bits per heavy atom. The number of nitrogens with zero attached hydrogens (tertiary/aromatic N) is 3. The molecule has 4 heteroatoms. The van der Waals surface area contributed by atoms with Crippen LogP contribution in [0.15, 0.2) is 24.3 Å². The van der Waals surface area contributed by atoms with Crippen LogP contribution in [0.3, 0.4) is 0 Å². The van der Waals surface area contributed by atoms with Crippen molar-refractivity contribution in [1.82, 2.24) is 15.0 Å². The van der Waals surface area contributed by atoms with Crippen LogP contribution in [0.25, 0.3) is 0 Å². The van der Waals surface area contributed by atoms with Gasteiger partial charge in [0.2, 0.25) is 0 Å². The highest BCUT2D eigenvalue weighted by Crippen LogP contribution is 2.25. The van der Waals surface area contributed by atoms with E-state index in [4.69, 9.17) is 0 Å². The minimum Gasteiger partial charge on any atom is -0.390 e. The minimum absolute atomic E-state index is 0.0689. The average Bonchev–Trinajstić information content (AvgIpc) is 2.75. The second-order valence-corrected chi connectivity index (χ2v) is 5.94. The Morgan fingerprint density at radius 3 is 2.32 bits per heavy atom. The van der Waals surface area contributed by atoms with Gasteiger partial charge in [-0.05, 0) is 12.5 Å². The molecule has 1 heterocycles. The average molecular weight is 259 g/mol. The van der Waals surface area contributed by atoms with Crippen LogP contribution in [0.4, 0.5) is 0 Å². The maximum atomic E-state index is 9.38. The fraction of sp³-hybridized carbons (Fsp3) is 0.467. The summed E-state index contributed by atoms with van der Waals surface area (Å²) in [5, 5.41) is 17.6. The molecule has 0 aliphatic carbocycles. The van der Waals surface area contributed by atoms with Crippen molar-refractivity contribution >= 4 is 0 Å². The first kappa shape index (κ1) is 13.7. The summed E-state index contributed by atoms with van der Waals surface area (Å²) >= 11 is 0. The van der Waals surface area contributed by atoms with Crippen LogP contribution < -0.4 is 0 Å². The fourth-order valence-electron chi connectivity index (χ4n) is 2.25. The Bertz CT molecular complexity index is 550. The number of aryl methyl sites for hydroxylation is 1. The van der Waals surface area contributed by atoms with Gasteiger partial charge in [0.15, 0.2) is 0 Å². The number of hydrogen-bond donors (Lipinski definition) is 1. The van der Waals surface area contributed by atoms with Gasteiger partial charge in [0.25, 0.3) is 0 Å². The second kappa shape index (κ2) is 5.13. The van der Waals surface area contributed by atoms with Crippen LogP contribution in [0.1, 0.15) is 43.3 Å². The van der Waals surface area contributed by atoms with Crippen molar-refractivity contribution in [3.05, 3.63) is 46.8 Å². The van der Waals surface area contributed by atoms with Crippen LogP contribution >= 0.6 is 0 Å². The first-order valence-corrected chi connectivity index (χ1v) is 6.51. The molecule has 0 saturated carbocycles. The van der Waals surface area contributed by atoms with E-state index >= 15 is 0 Å². The third-order valence-corrected chi connectivity index (χ3v) is 3.12. The Balaban J connectivity index is 2.35. The number of benzene rings is 1. The summed E-state index contributed by atoms with van der Waals surface area (Å²) in [7, 11) is 0. The van der Waals surface area contributed by atoms with E-state index in [0.717, 1.165) is 5.69 Å². The van der Waals surface area contributed by atoms with Crippen molar-refractivity contribution in [2.45, 2.75) is 46.3 Å². The quantitative estimate of drug-likeness (QED) is 0.921. The van der Waals surface area contributed by atoms with Crippen molar-refractivity contribution in [2.24, 2.45) is 0 Å². The fourth-order valence-corrected chi connectivity index (χ4v) is 2.25. The molecular formula is C15H21N3O. The zero-order valence-corrected chi connectivity index (χ0v) is 12.0. The molecule has 1 aromatic heterocycles. The zero-order valence-electron chi connectivity index (χ0n) is 12.0. The van der Waals surface area contributed by atoms with Gasteiger partial charge >= 0.3 is 0 Å². The molecule has 0 aliphatic rings. The number of hydrogen-bond acceptors (Lipinski definition) is 3. The molecule has 0 saturated heterocycles. The lowest BCUT2D eigenvalue weighted by Crippen LogP contribution is -2.20. The van der Waals surface area contributed by atoms with Gasteiger partial charge in [-0.15, -0.1) is 5.10 Å². The van der Waals surface area contributed by atoms with Gasteiger partial charge in [0, 0.05) is 5.41 Å². The van der Waals surface area contributed by atoms with Gasteiger partial charge in [-0.1, -0.05) is 55.8 Å². The lowest BCUT2D eigenvalue weighted by atomic mass is 9.90. The predicted octanol–water partition coefficient (Wildman–Crippen LogP) is 2.42.